The van der Waals surface area contributed by atoms with Crippen molar-refractivity contribution in [3.05, 3.63) is 35.0 Å². The van der Waals surface area contributed by atoms with Crippen molar-refractivity contribution in [2.75, 3.05) is 14.2 Å². The van der Waals surface area contributed by atoms with E-state index in [9.17, 15) is 18.4 Å². The van der Waals surface area contributed by atoms with Crippen LogP contribution in [0.4, 0.5) is 13.6 Å². The molecule has 1 heterocycles. The average molecular weight is 382 g/mol. The van der Waals surface area contributed by atoms with Gasteiger partial charge >= 0.3 is 18.6 Å². The lowest BCUT2D eigenvalue weighted by atomic mass is 9.94. The van der Waals surface area contributed by atoms with Gasteiger partial charge in [0.05, 0.1) is 25.8 Å². The maximum absolute atomic E-state index is 12.6. The number of rotatable bonds is 6. The van der Waals surface area contributed by atoms with E-state index in [0.717, 1.165) is 12.8 Å². The molecule has 0 bridgehead atoms. The van der Waals surface area contributed by atoms with Gasteiger partial charge in [0.1, 0.15) is 0 Å². The van der Waals surface area contributed by atoms with Crippen LogP contribution in [0, 0.1) is 0 Å². The minimum atomic E-state index is -3.00. The van der Waals surface area contributed by atoms with Crippen LogP contribution in [-0.4, -0.2) is 43.8 Å². The summed E-state index contributed by atoms with van der Waals surface area (Å²) in [5.41, 5.74) is 1.29. The van der Waals surface area contributed by atoms with Gasteiger partial charge < -0.3 is 19.5 Å². The third kappa shape index (κ3) is 3.67. The van der Waals surface area contributed by atoms with Crippen LogP contribution in [-0.2, 0) is 9.53 Å². The van der Waals surface area contributed by atoms with Gasteiger partial charge in [-0.05, 0) is 37.5 Å². The largest absolute Gasteiger partial charge is 0.493 e. The van der Waals surface area contributed by atoms with Crippen LogP contribution in [0.5, 0.6) is 11.5 Å². The summed E-state index contributed by atoms with van der Waals surface area (Å²) in [5, 5.41) is 2.80. The van der Waals surface area contributed by atoms with E-state index in [0.29, 0.717) is 11.3 Å². The predicted octanol–water partition coefficient (Wildman–Crippen LogP) is 2.97. The van der Waals surface area contributed by atoms with Gasteiger partial charge in [-0.1, -0.05) is 6.07 Å². The molecular weight excluding hydrogens is 362 g/mol. The normalized spacial score (nSPS) is 19.9. The number of alkyl halides is 2. The number of amides is 2. The van der Waals surface area contributed by atoms with E-state index in [1.165, 1.54) is 32.4 Å². The second kappa shape index (κ2) is 7.42. The van der Waals surface area contributed by atoms with Crippen molar-refractivity contribution in [1.29, 1.82) is 0 Å². The Bertz CT molecular complexity index is 792. The number of methoxy groups -OCH3 is 2. The summed E-state index contributed by atoms with van der Waals surface area (Å²) in [7, 11) is 2.58. The first-order valence-electron chi connectivity index (χ1n) is 8.39. The first-order chi connectivity index (χ1) is 12.9. The molecule has 0 spiro atoms. The minimum absolute atomic E-state index is 0.0635. The van der Waals surface area contributed by atoms with Crippen molar-refractivity contribution < 1.29 is 32.6 Å². The fraction of sp³-hybridized carbons (Fsp3) is 0.444. The van der Waals surface area contributed by atoms with Crippen molar-refractivity contribution in [3.8, 4) is 11.5 Å². The minimum Gasteiger partial charge on any atom is -0.493 e. The molecular formula is C18H20F2N2O5. The van der Waals surface area contributed by atoms with Gasteiger partial charge in [0.2, 0.25) is 0 Å². The van der Waals surface area contributed by atoms with Crippen molar-refractivity contribution in [2.24, 2.45) is 0 Å². The number of hydrogen-bond donors (Lipinski definition) is 1. The van der Waals surface area contributed by atoms with Crippen LogP contribution in [0.25, 0.3) is 0 Å². The van der Waals surface area contributed by atoms with Crippen molar-refractivity contribution in [3.63, 3.8) is 0 Å². The van der Waals surface area contributed by atoms with Crippen LogP contribution in [0.1, 0.15) is 31.4 Å². The van der Waals surface area contributed by atoms with Crippen LogP contribution in [0.15, 0.2) is 29.5 Å². The summed E-state index contributed by atoms with van der Waals surface area (Å²) in [4.78, 5) is 26.5. The van der Waals surface area contributed by atoms with E-state index in [1.807, 2.05) is 0 Å². The maximum atomic E-state index is 12.6. The Morgan fingerprint density at radius 2 is 1.96 bits per heavy atom. The second-order valence-electron chi connectivity index (χ2n) is 6.26. The Morgan fingerprint density at radius 1 is 1.26 bits per heavy atom. The van der Waals surface area contributed by atoms with E-state index >= 15 is 0 Å². The molecule has 1 aliphatic heterocycles. The SMILES string of the molecule is COC(=O)C1=C(C)N(C2CC2)C(=O)NC1c1ccc(OC(F)F)c(OC)c1. The Hall–Kier alpha value is -2.84. The third-order valence-electron chi connectivity index (χ3n) is 4.58. The standard InChI is InChI=1S/C18H20F2N2O5/c1-9-14(16(23)26-3)15(21-18(24)22(9)11-5-6-11)10-4-7-12(27-17(19)20)13(8-10)25-2/h4,7-8,11,15,17H,5-6H2,1-3H3,(H,21,24). The number of ether oxygens (including phenoxy) is 3. The summed E-state index contributed by atoms with van der Waals surface area (Å²) >= 11 is 0. The molecule has 1 aromatic carbocycles. The van der Waals surface area contributed by atoms with Gasteiger partial charge in [-0.2, -0.15) is 8.78 Å². The molecule has 0 aromatic heterocycles. The molecule has 1 atom stereocenters. The highest BCUT2D eigenvalue weighted by molar-refractivity contribution is 5.95. The molecule has 3 rings (SSSR count). The van der Waals surface area contributed by atoms with Crippen LogP contribution >= 0.6 is 0 Å². The second-order valence-corrected chi connectivity index (χ2v) is 6.26. The Balaban J connectivity index is 2.03. The number of urea groups is 1. The molecule has 0 radical (unpaired) electrons. The first-order valence-corrected chi connectivity index (χ1v) is 8.39. The monoisotopic (exact) mass is 382 g/mol. The van der Waals surface area contributed by atoms with Gasteiger partial charge in [0.15, 0.2) is 11.5 Å². The number of nitrogens with zero attached hydrogens (tertiary/aromatic N) is 1. The number of halogens is 2. The summed E-state index contributed by atoms with van der Waals surface area (Å²) in [6.07, 6.45) is 1.74. The molecule has 9 heteroatoms. The highest BCUT2D eigenvalue weighted by Gasteiger charge is 2.42. The van der Waals surface area contributed by atoms with E-state index in [-0.39, 0.29) is 29.1 Å². The molecule has 1 aromatic rings. The van der Waals surface area contributed by atoms with Crippen molar-refractivity contribution in [1.82, 2.24) is 10.2 Å². The van der Waals surface area contributed by atoms with Gasteiger partial charge in [0, 0.05) is 11.7 Å². The Morgan fingerprint density at radius 3 is 2.52 bits per heavy atom. The molecule has 0 saturated heterocycles. The zero-order valence-corrected chi connectivity index (χ0v) is 15.1. The smallest absolute Gasteiger partial charge is 0.387 e. The topological polar surface area (TPSA) is 77.1 Å². The van der Waals surface area contributed by atoms with Gasteiger partial charge in [-0.25, -0.2) is 9.59 Å². The summed E-state index contributed by atoms with van der Waals surface area (Å²) < 4.78 is 39.5. The zero-order valence-electron chi connectivity index (χ0n) is 15.1. The third-order valence-corrected chi connectivity index (χ3v) is 4.58. The summed E-state index contributed by atoms with van der Waals surface area (Å²) in [6, 6.07) is 3.21. The lowest BCUT2D eigenvalue weighted by Gasteiger charge is -2.35. The molecule has 7 nitrogen and oxygen atoms in total. The number of carbonyl (C=O) groups is 2. The van der Waals surface area contributed by atoms with Crippen LogP contribution in [0.3, 0.4) is 0 Å². The molecule has 146 valence electrons. The van der Waals surface area contributed by atoms with Crippen molar-refractivity contribution in [2.45, 2.75) is 38.5 Å². The zero-order chi connectivity index (χ0) is 19.7. The lowest BCUT2D eigenvalue weighted by Crippen LogP contribution is -2.48. The molecule has 1 unspecified atom stereocenters. The lowest BCUT2D eigenvalue weighted by molar-refractivity contribution is -0.136. The number of allylic oxidation sites excluding steroid dienone is 1. The summed E-state index contributed by atoms with van der Waals surface area (Å²) in [6.45, 7) is -1.30. The van der Waals surface area contributed by atoms with Crippen molar-refractivity contribution >= 4 is 12.0 Å². The van der Waals surface area contributed by atoms with E-state index in [2.05, 4.69) is 10.1 Å². The number of benzene rings is 1. The Labute approximate surface area is 154 Å². The quantitative estimate of drug-likeness (QED) is 0.766. The molecule has 1 N–H and O–H groups in total. The Kier molecular flexibility index (Phi) is 5.20. The van der Waals surface area contributed by atoms with Gasteiger partial charge in [-0.15, -0.1) is 0 Å². The fourth-order valence-corrected chi connectivity index (χ4v) is 3.21. The number of nitrogens with one attached hydrogen (secondary N) is 1. The highest BCUT2D eigenvalue weighted by Crippen LogP contribution is 2.39. The highest BCUT2D eigenvalue weighted by atomic mass is 19.3. The number of hydrogen-bond acceptors (Lipinski definition) is 5. The molecule has 2 amide bonds. The fourth-order valence-electron chi connectivity index (χ4n) is 3.21. The van der Waals surface area contributed by atoms with Gasteiger partial charge in [-0.3, -0.25) is 4.90 Å². The van der Waals surface area contributed by atoms with Crippen LogP contribution in [0.2, 0.25) is 0 Å². The predicted molar refractivity (Wildman–Crippen MR) is 90.5 cm³/mol. The molecule has 2 aliphatic rings. The van der Waals surface area contributed by atoms with Crippen LogP contribution < -0.4 is 14.8 Å². The number of carbonyl (C=O) groups excluding carboxylic acids is 2. The summed E-state index contributed by atoms with van der Waals surface area (Å²) in [5.74, 6) is -0.651. The first kappa shape index (κ1) is 18.9. The average Bonchev–Trinajstić information content (AvgIpc) is 3.45. The van der Waals surface area contributed by atoms with Gasteiger partial charge in [0.25, 0.3) is 0 Å². The number of esters is 1. The molecule has 1 fully saturated rings. The molecule has 27 heavy (non-hydrogen) atoms. The maximum Gasteiger partial charge on any atom is 0.387 e. The van der Waals surface area contributed by atoms with E-state index < -0.39 is 18.6 Å². The van der Waals surface area contributed by atoms with E-state index in [4.69, 9.17) is 9.47 Å². The molecule has 1 aliphatic carbocycles. The molecule has 1 saturated carbocycles. The van der Waals surface area contributed by atoms with E-state index in [1.54, 1.807) is 11.8 Å².